The van der Waals surface area contributed by atoms with Crippen LogP contribution in [0.15, 0.2) is 54.6 Å². The van der Waals surface area contributed by atoms with Crippen LogP contribution in [0.4, 0.5) is 13.2 Å². The van der Waals surface area contributed by atoms with Gasteiger partial charge in [0, 0.05) is 40.8 Å². The maximum absolute atomic E-state index is 15.4. The number of aromatic nitrogens is 1. The molecule has 1 aliphatic heterocycles. The molecule has 2 atom stereocenters. The zero-order chi connectivity index (χ0) is 23.7. The predicted octanol–water partition coefficient (Wildman–Crippen LogP) is 5.80. The Bertz CT molecular complexity index is 1220. The fraction of sp³-hybridized carbons (Fsp3) is 0.269. The Balaban J connectivity index is 1.88. The van der Waals surface area contributed by atoms with Gasteiger partial charge in [0.1, 0.15) is 11.6 Å². The molecular weight excluding hydrogens is 429 g/mol. The van der Waals surface area contributed by atoms with Crippen molar-refractivity contribution in [3.05, 3.63) is 88.6 Å². The van der Waals surface area contributed by atoms with Crippen molar-refractivity contribution >= 4 is 22.9 Å². The van der Waals surface area contributed by atoms with Gasteiger partial charge in [-0.05, 0) is 55.2 Å². The van der Waals surface area contributed by atoms with Gasteiger partial charge in [-0.3, -0.25) is 9.29 Å². The summed E-state index contributed by atoms with van der Waals surface area (Å²) < 4.78 is 43.8. The molecule has 1 aromatic heterocycles. The Morgan fingerprint density at radius 3 is 2.64 bits per heavy atom. The predicted molar refractivity (Wildman–Crippen MR) is 123 cm³/mol. The van der Waals surface area contributed by atoms with Crippen molar-refractivity contribution in [2.24, 2.45) is 0 Å². The Hall–Kier alpha value is -3.32. The molecule has 0 fully saturated rings. The number of hydrogen-bond acceptors (Lipinski definition) is 2. The van der Waals surface area contributed by atoms with Gasteiger partial charge in [-0.1, -0.05) is 30.4 Å². The number of carboxylic acids is 1. The van der Waals surface area contributed by atoms with Crippen molar-refractivity contribution in [1.82, 2.24) is 9.88 Å². The summed E-state index contributed by atoms with van der Waals surface area (Å²) in [5.74, 6) is -2.75. The van der Waals surface area contributed by atoms with Gasteiger partial charge in [0.05, 0.1) is 12.7 Å². The van der Waals surface area contributed by atoms with E-state index in [0.717, 1.165) is 40.8 Å². The van der Waals surface area contributed by atoms with E-state index < -0.39 is 30.3 Å². The van der Waals surface area contributed by atoms with Crippen LogP contribution >= 0.6 is 0 Å². The van der Waals surface area contributed by atoms with Gasteiger partial charge in [0.2, 0.25) is 0 Å². The minimum Gasteiger partial charge on any atom is -0.478 e. The highest BCUT2D eigenvalue weighted by atomic mass is 19.1. The first-order valence-corrected chi connectivity index (χ1v) is 10.8. The SMILES string of the molecule is C=C(CCF)CN1[C@H](c2c(F)cc(/C=C/C(=O)O)cc2F)c2[nH]c3ccccc3c2C[C@H]1C. The number of aromatic amines is 1. The van der Waals surface area contributed by atoms with Gasteiger partial charge in [-0.2, -0.15) is 0 Å². The largest absolute Gasteiger partial charge is 0.478 e. The second kappa shape index (κ2) is 9.27. The number of benzene rings is 2. The molecule has 0 unspecified atom stereocenters. The Kier molecular flexibility index (Phi) is 6.42. The second-order valence-corrected chi connectivity index (χ2v) is 8.45. The quantitative estimate of drug-likeness (QED) is 0.351. The number of carboxylic acid groups (broad SMARTS) is 1. The van der Waals surface area contributed by atoms with Crippen LogP contribution in [0, 0.1) is 11.6 Å². The summed E-state index contributed by atoms with van der Waals surface area (Å²) in [7, 11) is 0. The number of fused-ring (bicyclic) bond motifs is 3. The van der Waals surface area contributed by atoms with Crippen LogP contribution in [0.3, 0.4) is 0 Å². The monoisotopic (exact) mass is 454 g/mol. The molecule has 0 saturated heterocycles. The summed E-state index contributed by atoms with van der Waals surface area (Å²) in [5.41, 5.74) is 3.22. The minimum absolute atomic E-state index is 0.0801. The summed E-state index contributed by atoms with van der Waals surface area (Å²) in [6.07, 6.45) is 2.83. The van der Waals surface area contributed by atoms with Crippen molar-refractivity contribution in [3.63, 3.8) is 0 Å². The van der Waals surface area contributed by atoms with Crippen LogP contribution < -0.4 is 0 Å². The molecule has 0 radical (unpaired) electrons. The van der Waals surface area contributed by atoms with Crippen molar-refractivity contribution in [1.29, 1.82) is 0 Å². The minimum atomic E-state index is -1.21. The van der Waals surface area contributed by atoms with Gasteiger partial charge in [0.15, 0.2) is 0 Å². The molecule has 0 bridgehead atoms. The summed E-state index contributed by atoms with van der Waals surface area (Å²) >= 11 is 0. The van der Waals surface area contributed by atoms with Crippen LogP contribution in [-0.2, 0) is 11.2 Å². The van der Waals surface area contributed by atoms with Crippen LogP contribution in [-0.4, -0.2) is 40.2 Å². The lowest BCUT2D eigenvalue weighted by molar-refractivity contribution is -0.131. The molecule has 1 aliphatic rings. The van der Waals surface area contributed by atoms with E-state index in [-0.39, 0.29) is 23.6 Å². The number of rotatable bonds is 7. The third-order valence-corrected chi connectivity index (χ3v) is 6.16. The fourth-order valence-corrected chi connectivity index (χ4v) is 4.66. The summed E-state index contributed by atoms with van der Waals surface area (Å²) in [6.45, 7) is 5.69. The van der Waals surface area contributed by atoms with E-state index in [1.165, 1.54) is 0 Å². The van der Waals surface area contributed by atoms with E-state index in [2.05, 4.69) is 11.6 Å². The van der Waals surface area contributed by atoms with E-state index in [4.69, 9.17) is 5.11 Å². The van der Waals surface area contributed by atoms with Crippen LogP contribution in [0.25, 0.3) is 17.0 Å². The summed E-state index contributed by atoms with van der Waals surface area (Å²) in [5, 5.41) is 9.83. The number of aliphatic carboxylic acids is 1. The third-order valence-electron chi connectivity index (χ3n) is 6.16. The topological polar surface area (TPSA) is 56.3 Å². The Morgan fingerprint density at radius 2 is 1.97 bits per heavy atom. The number of alkyl halides is 1. The molecule has 33 heavy (non-hydrogen) atoms. The first-order chi connectivity index (χ1) is 15.8. The highest BCUT2D eigenvalue weighted by molar-refractivity contribution is 5.86. The second-order valence-electron chi connectivity index (χ2n) is 8.45. The van der Waals surface area contributed by atoms with Crippen molar-refractivity contribution in [2.45, 2.75) is 31.8 Å². The molecule has 0 saturated carbocycles. The highest BCUT2D eigenvalue weighted by Gasteiger charge is 2.38. The number of H-pyrrole nitrogens is 1. The molecule has 4 rings (SSSR count). The average Bonchev–Trinajstić information content (AvgIpc) is 3.12. The molecule has 0 aliphatic carbocycles. The number of nitrogens with zero attached hydrogens (tertiary/aromatic N) is 1. The van der Waals surface area contributed by atoms with Gasteiger partial charge < -0.3 is 10.1 Å². The summed E-state index contributed by atoms with van der Waals surface area (Å²) in [4.78, 5) is 16.1. The molecular formula is C26H25F3N2O2. The zero-order valence-corrected chi connectivity index (χ0v) is 18.2. The van der Waals surface area contributed by atoms with Gasteiger partial charge in [-0.15, -0.1) is 0 Å². The Labute approximate surface area is 190 Å². The van der Waals surface area contributed by atoms with E-state index in [9.17, 15) is 9.18 Å². The van der Waals surface area contributed by atoms with E-state index >= 15 is 8.78 Å². The van der Waals surface area contributed by atoms with Gasteiger partial charge in [-0.25, -0.2) is 13.6 Å². The molecule has 172 valence electrons. The van der Waals surface area contributed by atoms with Crippen LogP contribution in [0.2, 0.25) is 0 Å². The van der Waals surface area contributed by atoms with Crippen LogP contribution in [0.5, 0.6) is 0 Å². The first kappa shape index (κ1) is 22.9. The molecule has 7 heteroatoms. The van der Waals surface area contributed by atoms with Crippen molar-refractivity contribution < 1.29 is 23.1 Å². The molecule has 4 nitrogen and oxygen atoms in total. The molecule has 3 aromatic rings. The molecule has 2 aromatic carbocycles. The molecule has 2 N–H and O–H groups in total. The zero-order valence-electron chi connectivity index (χ0n) is 18.2. The Morgan fingerprint density at radius 1 is 1.27 bits per heavy atom. The van der Waals surface area contributed by atoms with E-state index in [1.54, 1.807) is 0 Å². The van der Waals surface area contributed by atoms with Gasteiger partial charge in [0.25, 0.3) is 0 Å². The lowest BCUT2D eigenvalue weighted by Gasteiger charge is -2.41. The normalized spacial score (nSPS) is 18.7. The molecule has 0 spiro atoms. The molecule has 2 heterocycles. The number of carbonyl (C=O) groups is 1. The first-order valence-electron chi connectivity index (χ1n) is 10.8. The summed E-state index contributed by atoms with van der Waals surface area (Å²) in [6, 6.07) is 9.15. The lowest BCUT2D eigenvalue weighted by atomic mass is 9.87. The fourth-order valence-electron chi connectivity index (χ4n) is 4.66. The van der Waals surface area contributed by atoms with E-state index in [0.29, 0.717) is 24.2 Å². The van der Waals surface area contributed by atoms with Crippen molar-refractivity contribution in [3.8, 4) is 0 Å². The highest BCUT2D eigenvalue weighted by Crippen LogP contribution is 2.42. The lowest BCUT2D eigenvalue weighted by Crippen LogP contribution is -2.44. The number of hydrogen-bond donors (Lipinski definition) is 2. The maximum atomic E-state index is 15.4. The van der Waals surface area contributed by atoms with Crippen molar-refractivity contribution in [2.75, 3.05) is 13.2 Å². The van der Waals surface area contributed by atoms with Crippen LogP contribution in [0.1, 0.15) is 41.8 Å². The number of para-hydroxylation sites is 1. The maximum Gasteiger partial charge on any atom is 0.328 e. The van der Waals surface area contributed by atoms with E-state index in [1.807, 2.05) is 36.1 Å². The smallest absolute Gasteiger partial charge is 0.328 e. The van der Waals surface area contributed by atoms with Gasteiger partial charge >= 0.3 is 5.97 Å². The third kappa shape index (κ3) is 4.46. The number of halogens is 3. The average molecular weight is 454 g/mol. The number of nitrogens with one attached hydrogen (secondary N) is 1. The molecule has 0 amide bonds. The standard InChI is InChI=1S/C26H25F3N2O2/c1-15(9-10-27)14-31-16(2)11-19-18-5-3-4-6-22(18)30-25(19)26(31)24-20(28)12-17(13-21(24)29)7-8-23(32)33/h3-8,12-13,16,26,30H,1,9-11,14H2,2H3,(H,32,33)/b8-7+/t16-,26-/m1/s1.